The number of rotatable bonds is 5. The van der Waals surface area contributed by atoms with Crippen molar-refractivity contribution in [2.75, 3.05) is 0 Å². The van der Waals surface area contributed by atoms with E-state index in [9.17, 15) is 9.59 Å². The van der Waals surface area contributed by atoms with Gasteiger partial charge < -0.3 is 10.6 Å². The minimum atomic E-state index is -0.363. The maximum absolute atomic E-state index is 11.8. The first-order valence-electron chi connectivity index (χ1n) is 7.06. The highest BCUT2D eigenvalue weighted by Crippen LogP contribution is 2.24. The number of amides is 2. The quantitative estimate of drug-likeness (QED) is 0.865. The first-order valence-corrected chi connectivity index (χ1v) is 7.94. The summed E-state index contributed by atoms with van der Waals surface area (Å²) < 4.78 is 0. The average molecular weight is 303 g/mol. The van der Waals surface area contributed by atoms with Crippen molar-refractivity contribution in [3.8, 4) is 0 Å². The molecular formula is C15H17N3O2S. The Morgan fingerprint density at radius 3 is 2.81 bits per heavy atom. The molecule has 1 heterocycles. The van der Waals surface area contributed by atoms with Crippen LogP contribution in [0.3, 0.4) is 0 Å². The van der Waals surface area contributed by atoms with Gasteiger partial charge in [-0.3, -0.25) is 14.6 Å². The monoisotopic (exact) mass is 303 g/mol. The third-order valence-electron chi connectivity index (χ3n) is 3.34. The first kappa shape index (κ1) is 14.1. The first-order chi connectivity index (χ1) is 10.2. The lowest BCUT2D eigenvalue weighted by molar-refractivity contribution is -0.125. The SMILES string of the molecule is O=C(C[C@H]1SC(=NCc2ccccc2)NC1=O)NC1CC1. The standard InChI is InChI=1S/C15H17N3O2S/c19-13(17-11-6-7-11)8-12-14(20)18-15(21-12)16-9-10-4-2-1-3-5-10/h1-5,11-12H,6-9H2,(H,17,19)(H,16,18,20)/t12-/m1/s1. The van der Waals surface area contributed by atoms with E-state index in [2.05, 4.69) is 15.6 Å². The highest BCUT2D eigenvalue weighted by molar-refractivity contribution is 8.15. The summed E-state index contributed by atoms with van der Waals surface area (Å²) >= 11 is 1.34. The summed E-state index contributed by atoms with van der Waals surface area (Å²) in [5, 5.41) is 5.89. The Morgan fingerprint density at radius 1 is 1.33 bits per heavy atom. The second-order valence-corrected chi connectivity index (χ2v) is 6.44. The summed E-state index contributed by atoms with van der Waals surface area (Å²) in [5.41, 5.74) is 1.09. The van der Waals surface area contributed by atoms with E-state index in [0.29, 0.717) is 17.8 Å². The van der Waals surface area contributed by atoms with Gasteiger partial charge in [-0.15, -0.1) is 0 Å². The molecule has 1 saturated carbocycles. The van der Waals surface area contributed by atoms with Crippen LogP contribution in [-0.4, -0.2) is 28.3 Å². The molecule has 6 heteroatoms. The smallest absolute Gasteiger partial charge is 0.240 e. The Labute approximate surface area is 127 Å². The van der Waals surface area contributed by atoms with Crippen LogP contribution in [0.5, 0.6) is 0 Å². The topological polar surface area (TPSA) is 70.6 Å². The van der Waals surface area contributed by atoms with E-state index >= 15 is 0 Å². The van der Waals surface area contributed by atoms with E-state index in [1.807, 2.05) is 30.3 Å². The fourth-order valence-electron chi connectivity index (χ4n) is 2.04. The lowest BCUT2D eigenvalue weighted by atomic mass is 10.2. The van der Waals surface area contributed by atoms with Crippen molar-refractivity contribution in [3.63, 3.8) is 0 Å². The number of amidine groups is 1. The van der Waals surface area contributed by atoms with Crippen LogP contribution in [0.25, 0.3) is 0 Å². The van der Waals surface area contributed by atoms with Gasteiger partial charge in [0, 0.05) is 12.5 Å². The number of hydrogen-bond donors (Lipinski definition) is 2. The van der Waals surface area contributed by atoms with Crippen LogP contribution in [0, 0.1) is 0 Å². The lowest BCUT2D eigenvalue weighted by Gasteiger charge is -2.05. The molecule has 1 saturated heterocycles. The maximum atomic E-state index is 11.8. The fourth-order valence-corrected chi connectivity index (χ4v) is 3.01. The molecule has 5 nitrogen and oxygen atoms in total. The van der Waals surface area contributed by atoms with Gasteiger partial charge in [-0.1, -0.05) is 42.1 Å². The number of carbonyl (C=O) groups is 2. The van der Waals surface area contributed by atoms with Crippen molar-refractivity contribution in [1.29, 1.82) is 0 Å². The number of benzene rings is 1. The van der Waals surface area contributed by atoms with Gasteiger partial charge in [0.05, 0.1) is 6.54 Å². The molecule has 0 aromatic heterocycles. The fraction of sp³-hybridized carbons (Fsp3) is 0.400. The summed E-state index contributed by atoms with van der Waals surface area (Å²) in [5.74, 6) is -0.174. The van der Waals surface area contributed by atoms with Crippen LogP contribution in [0.2, 0.25) is 0 Å². The molecule has 0 unspecified atom stereocenters. The van der Waals surface area contributed by atoms with Gasteiger partial charge in [-0.05, 0) is 18.4 Å². The van der Waals surface area contributed by atoms with Gasteiger partial charge in [0.15, 0.2) is 5.17 Å². The molecule has 2 fully saturated rings. The van der Waals surface area contributed by atoms with Gasteiger partial charge in [0.1, 0.15) is 5.25 Å². The molecule has 110 valence electrons. The van der Waals surface area contributed by atoms with Crippen molar-refractivity contribution in [1.82, 2.24) is 10.6 Å². The van der Waals surface area contributed by atoms with E-state index in [0.717, 1.165) is 18.4 Å². The molecule has 21 heavy (non-hydrogen) atoms. The molecule has 0 bridgehead atoms. The molecule has 2 aliphatic rings. The highest BCUT2D eigenvalue weighted by atomic mass is 32.2. The zero-order valence-corrected chi connectivity index (χ0v) is 12.4. The summed E-state index contributed by atoms with van der Waals surface area (Å²) in [6.07, 6.45) is 2.33. The molecule has 3 rings (SSSR count). The molecule has 2 amide bonds. The van der Waals surface area contributed by atoms with Crippen LogP contribution in [0.15, 0.2) is 35.3 Å². The molecule has 1 aromatic rings. The minimum Gasteiger partial charge on any atom is -0.353 e. The molecule has 0 spiro atoms. The lowest BCUT2D eigenvalue weighted by Crippen LogP contribution is -2.32. The van der Waals surface area contributed by atoms with Crippen molar-refractivity contribution in [2.45, 2.75) is 37.1 Å². The van der Waals surface area contributed by atoms with E-state index < -0.39 is 0 Å². The second kappa shape index (κ2) is 6.30. The molecule has 0 radical (unpaired) electrons. The average Bonchev–Trinajstić information content (AvgIpc) is 3.22. The number of hydrogen-bond acceptors (Lipinski definition) is 4. The summed E-state index contributed by atoms with van der Waals surface area (Å²) in [7, 11) is 0. The normalized spacial score (nSPS) is 23.1. The van der Waals surface area contributed by atoms with Crippen LogP contribution < -0.4 is 10.6 Å². The molecule has 1 atom stereocenters. The minimum absolute atomic E-state index is 0.0468. The molecular weight excluding hydrogens is 286 g/mol. The number of thioether (sulfide) groups is 1. The van der Waals surface area contributed by atoms with Crippen molar-refractivity contribution >= 4 is 28.7 Å². The zero-order chi connectivity index (χ0) is 14.7. The zero-order valence-electron chi connectivity index (χ0n) is 11.5. The van der Waals surface area contributed by atoms with Crippen LogP contribution in [0.1, 0.15) is 24.8 Å². The van der Waals surface area contributed by atoms with Crippen molar-refractivity contribution in [2.24, 2.45) is 4.99 Å². The number of aliphatic imine (C=N–C) groups is 1. The van der Waals surface area contributed by atoms with Gasteiger partial charge in [-0.2, -0.15) is 0 Å². The second-order valence-electron chi connectivity index (χ2n) is 5.25. The van der Waals surface area contributed by atoms with Crippen LogP contribution >= 0.6 is 11.8 Å². The molecule has 1 aromatic carbocycles. The number of carbonyl (C=O) groups excluding carboxylic acids is 2. The van der Waals surface area contributed by atoms with Crippen LogP contribution in [-0.2, 0) is 16.1 Å². The third-order valence-corrected chi connectivity index (χ3v) is 4.46. The predicted octanol–water partition coefficient (Wildman–Crippen LogP) is 1.44. The molecule has 2 N–H and O–H groups in total. The van der Waals surface area contributed by atoms with E-state index in [1.54, 1.807) is 0 Å². The number of nitrogens with zero attached hydrogens (tertiary/aromatic N) is 1. The maximum Gasteiger partial charge on any atom is 0.240 e. The Kier molecular flexibility index (Phi) is 4.24. The Hall–Kier alpha value is -1.82. The Balaban J connectivity index is 1.52. The van der Waals surface area contributed by atoms with Gasteiger partial charge in [0.2, 0.25) is 11.8 Å². The van der Waals surface area contributed by atoms with E-state index in [-0.39, 0.29) is 23.5 Å². The summed E-state index contributed by atoms with van der Waals surface area (Å²) in [6.45, 7) is 0.532. The van der Waals surface area contributed by atoms with Gasteiger partial charge in [-0.25, -0.2) is 0 Å². The Morgan fingerprint density at radius 2 is 2.10 bits per heavy atom. The van der Waals surface area contributed by atoms with Gasteiger partial charge >= 0.3 is 0 Å². The Bertz CT molecular complexity index is 570. The van der Waals surface area contributed by atoms with E-state index in [1.165, 1.54) is 11.8 Å². The third kappa shape index (κ3) is 4.07. The molecule has 1 aliphatic heterocycles. The van der Waals surface area contributed by atoms with Gasteiger partial charge in [0.25, 0.3) is 0 Å². The molecule has 1 aliphatic carbocycles. The number of nitrogens with one attached hydrogen (secondary N) is 2. The summed E-state index contributed by atoms with van der Waals surface area (Å²) in [4.78, 5) is 28.0. The largest absolute Gasteiger partial charge is 0.353 e. The van der Waals surface area contributed by atoms with Crippen molar-refractivity contribution < 1.29 is 9.59 Å². The highest BCUT2D eigenvalue weighted by Gasteiger charge is 2.33. The predicted molar refractivity (Wildman–Crippen MR) is 82.9 cm³/mol. The summed E-state index contributed by atoms with van der Waals surface area (Å²) in [6, 6.07) is 10.2. The van der Waals surface area contributed by atoms with E-state index in [4.69, 9.17) is 0 Å². The van der Waals surface area contributed by atoms with Crippen LogP contribution in [0.4, 0.5) is 0 Å². The van der Waals surface area contributed by atoms with Crippen molar-refractivity contribution in [3.05, 3.63) is 35.9 Å².